The maximum absolute atomic E-state index is 12.5. The highest BCUT2D eigenvalue weighted by Crippen LogP contribution is 2.35. The van der Waals surface area contributed by atoms with Crippen molar-refractivity contribution in [2.45, 2.75) is 0 Å². The fourth-order valence-electron chi connectivity index (χ4n) is 2.38. The minimum Gasteiger partial charge on any atom is -0.545 e. The molecule has 2 aromatic rings. The Morgan fingerprint density at radius 1 is 1.08 bits per heavy atom. The number of hydrogen-bond donors (Lipinski definition) is 1. The first kappa shape index (κ1) is 15.7. The molecule has 1 heterocycles. The summed E-state index contributed by atoms with van der Waals surface area (Å²) < 4.78 is 15.9. The highest BCUT2D eigenvalue weighted by molar-refractivity contribution is 6.09. The number of aromatic carboxylic acids is 1. The zero-order chi connectivity index (χ0) is 17.1. The van der Waals surface area contributed by atoms with Gasteiger partial charge in [-0.1, -0.05) is 12.1 Å². The minimum atomic E-state index is -1.43. The first-order valence-electron chi connectivity index (χ1n) is 7.19. The average molecular weight is 328 g/mol. The lowest BCUT2D eigenvalue weighted by molar-refractivity contribution is -0.254. The van der Waals surface area contributed by atoms with E-state index in [9.17, 15) is 14.7 Å². The first-order valence-corrected chi connectivity index (χ1v) is 7.19. The molecule has 0 spiro atoms. The fourth-order valence-corrected chi connectivity index (χ4v) is 2.38. The molecule has 0 atom stereocenters. The van der Waals surface area contributed by atoms with Gasteiger partial charge in [-0.3, -0.25) is 4.79 Å². The smallest absolute Gasteiger partial charge is 0.259 e. The van der Waals surface area contributed by atoms with Crippen LogP contribution in [0.1, 0.15) is 20.7 Å². The summed E-state index contributed by atoms with van der Waals surface area (Å²) in [6.07, 6.45) is 0. The Morgan fingerprint density at radius 3 is 2.42 bits per heavy atom. The molecule has 24 heavy (non-hydrogen) atoms. The van der Waals surface area contributed by atoms with E-state index in [0.717, 1.165) is 0 Å². The molecule has 0 fully saturated rings. The maximum Gasteiger partial charge on any atom is 0.259 e. The molecule has 2 aromatic carbocycles. The van der Waals surface area contributed by atoms with Crippen molar-refractivity contribution < 1.29 is 28.9 Å². The molecule has 0 saturated heterocycles. The monoisotopic (exact) mass is 328 g/mol. The largest absolute Gasteiger partial charge is 0.545 e. The minimum absolute atomic E-state index is 0.0650. The second-order valence-corrected chi connectivity index (χ2v) is 4.98. The molecule has 3 rings (SSSR count). The Morgan fingerprint density at radius 2 is 1.75 bits per heavy atom. The van der Waals surface area contributed by atoms with Crippen LogP contribution in [0.25, 0.3) is 0 Å². The number of amides is 1. The third kappa shape index (κ3) is 2.96. The summed E-state index contributed by atoms with van der Waals surface area (Å²) in [6.45, 7) is 0.671. The number of ether oxygens (including phenoxy) is 3. The van der Waals surface area contributed by atoms with Crippen LogP contribution in [0.15, 0.2) is 36.4 Å². The van der Waals surface area contributed by atoms with Crippen molar-refractivity contribution >= 4 is 17.6 Å². The van der Waals surface area contributed by atoms with Crippen molar-refractivity contribution in [3.8, 4) is 17.2 Å². The van der Waals surface area contributed by atoms with Gasteiger partial charge in [0.1, 0.15) is 19.0 Å². The molecule has 1 N–H and O–H groups in total. The number of carboxylic acid groups (broad SMARTS) is 1. The van der Waals surface area contributed by atoms with Gasteiger partial charge in [-0.25, -0.2) is 0 Å². The zero-order valence-corrected chi connectivity index (χ0v) is 12.8. The molecule has 0 unspecified atom stereocenters. The van der Waals surface area contributed by atoms with E-state index < -0.39 is 11.9 Å². The number of carbonyl (C=O) groups excluding carboxylic acids is 2. The van der Waals surface area contributed by atoms with E-state index in [-0.39, 0.29) is 16.8 Å². The Bertz CT molecular complexity index is 802. The van der Waals surface area contributed by atoms with Gasteiger partial charge in [-0.2, -0.15) is 0 Å². The van der Waals surface area contributed by atoms with Crippen LogP contribution in [0.4, 0.5) is 5.69 Å². The fraction of sp³-hybridized carbons (Fsp3) is 0.176. The van der Waals surface area contributed by atoms with Crippen LogP contribution < -0.4 is 24.6 Å². The Kier molecular flexibility index (Phi) is 4.24. The van der Waals surface area contributed by atoms with E-state index in [1.165, 1.54) is 19.2 Å². The highest BCUT2D eigenvalue weighted by Gasteiger charge is 2.19. The maximum atomic E-state index is 12.5. The van der Waals surface area contributed by atoms with Gasteiger partial charge >= 0.3 is 0 Å². The van der Waals surface area contributed by atoms with E-state index in [1.54, 1.807) is 24.3 Å². The predicted octanol–water partition coefficient (Wildman–Crippen LogP) is 1.08. The second-order valence-electron chi connectivity index (χ2n) is 4.98. The van der Waals surface area contributed by atoms with E-state index in [1.807, 2.05) is 0 Å². The highest BCUT2D eigenvalue weighted by atomic mass is 16.6. The number of carbonyl (C=O) groups is 2. The zero-order valence-electron chi connectivity index (χ0n) is 12.8. The number of fused-ring (bicyclic) bond motifs is 1. The van der Waals surface area contributed by atoms with Crippen LogP contribution in [0.2, 0.25) is 0 Å². The summed E-state index contributed by atoms with van der Waals surface area (Å²) in [4.78, 5) is 23.8. The molecule has 1 aliphatic rings. The summed E-state index contributed by atoms with van der Waals surface area (Å²) in [5.41, 5.74) is 0.150. The number of methoxy groups -OCH3 is 1. The first-order chi connectivity index (χ1) is 11.6. The van der Waals surface area contributed by atoms with Crippen LogP contribution in [-0.4, -0.2) is 32.2 Å². The molecule has 0 radical (unpaired) electrons. The molecule has 1 aliphatic heterocycles. The van der Waals surface area contributed by atoms with Gasteiger partial charge in [-0.05, 0) is 18.2 Å². The third-order valence-corrected chi connectivity index (χ3v) is 3.50. The summed E-state index contributed by atoms with van der Waals surface area (Å²) >= 11 is 0. The summed E-state index contributed by atoms with van der Waals surface area (Å²) in [6, 6.07) is 9.31. The van der Waals surface area contributed by atoms with Gasteiger partial charge in [0.2, 0.25) is 0 Å². The van der Waals surface area contributed by atoms with Gasteiger partial charge in [0.25, 0.3) is 5.91 Å². The van der Waals surface area contributed by atoms with Crippen molar-refractivity contribution in [3.63, 3.8) is 0 Å². The standard InChI is InChI=1S/C17H15NO6/c1-22-13-5-3-2-4-10(13)16(19)18-12-9-15-14(23-6-7-24-15)8-11(12)17(20)21/h2-5,8-9H,6-7H2,1H3,(H,18,19)(H,20,21)/p-1. The number of benzene rings is 2. The van der Waals surface area contributed by atoms with Crippen LogP contribution in [-0.2, 0) is 0 Å². The van der Waals surface area contributed by atoms with Crippen LogP contribution in [0.3, 0.4) is 0 Å². The van der Waals surface area contributed by atoms with Gasteiger partial charge in [0.15, 0.2) is 11.5 Å². The van der Waals surface area contributed by atoms with Crippen LogP contribution >= 0.6 is 0 Å². The van der Waals surface area contributed by atoms with Crippen LogP contribution in [0.5, 0.6) is 17.2 Å². The van der Waals surface area contributed by atoms with Crippen molar-refractivity contribution in [1.29, 1.82) is 0 Å². The Labute approximate surface area is 137 Å². The van der Waals surface area contributed by atoms with Crippen molar-refractivity contribution in [2.24, 2.45) is 0 Å². The molecule has 0 bridgehead atoms. The van der Waals surface area contributed by atoms with E-state index in [2.05, 4.69) is 5.32 Å². The molecule has 0 saturated carbocycles. The molecule has 124 valence electrons. The third-order valence-electron chi connectivity index (χ3n) is 3.50. The molecule has 7 nitrogen and oxygen atoms in total. The number of anilines is 1. The number of nitrogens with one attached hydrogen (secondary N) is 1. The lowest BCUT2D eigenvalue weighted by Crippen LogP contribution is -2.26. The molecule has 0 aromatic heterocycles. The lowest BCUT2D eigenvalue weighted by atomic mass is 10.1. The Balaban J connectivity index is 1.96. The van der Waals surface area contributed by atoms with Crippen LogP contribution in [0, 0.1) is 0 Å². The van der Waals surface area contributed by atoms with E-state index >= 15 is 0 Å². The average Bonchev–Trinajstić information content (AvgIpc) is 2.60. The number of hydrogen-bond acceptors (Lipinski definition) is 6. The lowest BCUT2D eigenvalue weighted by Gasteiger charge is -2.22. The van der Waals surface area contributed by atoms with E-state index in [4.69, 9.17) is 14.2 Å². The predicted molar refractivity (Wildman–Crippen MR) is 82.7 cm³/mol. The molecular weight excluding hydrogens is 314 g/mol. The van der Waals surface area contributed by atoms with Crippen molar-refractivity contribution in [1.82, 2.24) is 0 Å². The summed E-state index contributed by atoms with van der Waals surface area (Å²) in [5.74, 6) is -0.895. The van der Waals surface area contributed by atoms with Crippen molar-refractivity contribution in [3.05, 3.63) is 47.5 Å². The molecule has 0 aliphatic carbocycles. The normalized spacial score (nSPS) is 12.4. The van der Waals surface area contributed by atoms with Gasteiger partial charge in [0.05, 0.1) is 24.3 Å². The molecule has 1 amide bonds. The number of carboxylic acids is 1. The Hall–Kier alpha value is -3.22. The quantitative estimate of drug-likeness (QED) is 0.902. The number of para-hydroxylation sites is 1. The topological polar surface area (TPSA) is 96.9 Å². The van der Waals surface area contributed by atoms with Gasteiger partial charge in [0, 0.05) is 11.6 Å². The van der Waals surface area contributed by atoms with E-state index in [0.29, 0.717) is 30.5 Å². The number of rotatable bonds is 4. The molecular formula is C17H14NO6-. The second kappa shape index (κ2) is 6.49. The van der Waals surface area contributed by atoms with Gasteiger partial charge < -0.3 is 29.4 Å². The van der Waals surface area contributed by atoms with Gasteiger partial charge in [-0.15, -0.1) is 0 Å². The SMILES string of the molecule is COc1ccccc1C(=O)Nc1cc2c(cc1C(=O)[O-])OCCO2. The molecule has 7 heteroatoms. The summed E-state index contributed by atoms with van der Waals surface area (Å²) in [7, 11) is 1.45. The summed E-state index contributed by atoms with van der Waals surface area (Å²) in [5, 5.41) is 13.9. The van der Waals surface area contributed by atoms with Crippen molar-refractivity contribution in [2.75, 3.05) is 25.6 Å².